The van der Waals surface area contributed by atoms with E-state index in [9.17, 15) is 19.0 Å². The Labute approximate surface area is 555 Å². The lowest BCUT2D eigenvalue weighted by atomic mass is 10.0. The Hall–Kier alpha value is -3.85. The van der Waals surface area contributed by atoms with Crippen LogP contribution in [0.2, 0.25) is 0 Å². The second-order valence-corrected chi connectivity index (χ2v) is 27.0. The summed E-state index contributed by atoms with van der Waals surface area (Å²) in [6.45, 7) is 4.11. The van der Waals surface area contributed by atoms with Crippen LogP contribution in [0.25, 0.3) is 0 Å². The number of carbonyl (C=O) groups is 2. The van der Waals surface area contributed by atoms with Gasteiger partial charge in [-0.3, -0.25) is 14.2 Å². The number of phosphoric ester groups is 1. The number of rotatable bonds is 67. The molecule has 0 heterocycles. The number of carbonyl (C=O) groups excluding carboxylic acids is 2. The first-order valence-corrected chi connectivity index (χ1v) is 38.4. The maximum atomic E-state index is 12.9. The number of allylic oxidation sites excluding steroid dienone is 22. The van der Waals surface area contributed by atoms with Crippen LogP contribution in [0.15, 0.2) is 134 Å². The molecule has 0 spiro atoms. The van der Waals surface area contributed by atoms with Crippen molar-refractivity contribution in [1.29, 1.82) is 0 Å². The van der Waals surface area contributed by atoms with Gasteiger partial charge in [0.25, 0.3) is 7.82 Å². The Morgan fingerprint density at radius 3 is 0.944 bits per heavy atom. The minimum absolute atomic E-state index is 0.0405. The number of hydrogen-bond donors (Lipinski definition) is 0. The topological polar surface area (TPSA) is 111 Å². The average Bonchev–Trinajstić information content (AvgIpc) is 3.58. The third-order valence-electron chi connectivity index (χ3n) is 15.7. The van der Waals surface area contributed by atoms with E-state index in [-0.39, 0.29) is 32.0 Å². The lowest BCUT2D eigenvalue weighted by molar-refractivity contribution is -0.870. The highest BCUT2D eigenvalue weighted by Crippen LogP contribution is 2.38. The molecule has 0 saturated heterocycles. The van der Waals surface area contributed by atoms with Gasteiger partial charge in [-0.1, -0.05) is 314 Å². The predicted molar refractivity (Wildman–Crippen MR) is 388 cm³/mol. The van der Waals surface area contributed by atoms with E-state index in [0.717, 1.165) is 116 Å². The summed E-state index contributed by atoms with van der Waals surface area (Å²) >= 11 is 0. The summed E-state index contributed by atoms with van der Waals surface area (Å²) in [4.78, 5) is 38.1. The first-order chi connectivity index (χ1) is 44.0. The molecule has 0 rings (SSSR count). The van der Waals surface area contributed by atoms with Crippen molar-refractivity contribution in [3.63, 3.8) is 0 Å². The molecule has 9 nitrogen and oxygen atoms in total. The van der Waals surface area contributed by atoms with Gasteiger partial charge in [0.1, 0.15) is 19.8 Å². The lowest BCUT2D eigenvalue weighted by Gasteiger charge is -2.28. The molecule has 0 aliphatic rings. The largest absolute Gasteiger partial charge is 0.756 e. The molecule has 0 saturated carbocycles. The third kappa shape index (κ3) is 73.2. The Balaban J connectivity index is 4.09. The van der Waals surface area contributed by atoms with E-state index >= 15 is 0 Å². The van der Waals surface area contributed by atoms with E-state index < -0.39 is 26.5 Å². The van der Waals surface area contributed by atoms with Crippen molar-refractivity contribution in [2.75, 3.05) is 47.5 Å². The Bertz CT molecular complexity index is 1980. The number of phosphoric acid groups is 1. The zero-order valence-electron chi connectivity index (χ0n) is 58.8. The molecule has 0 aromatic carbocycles. The van der Waals surface area contributed by atoms with Crippen LogP contribution in [0.3, 0.4) is 0 Å². The zero-order chi connectivity index (χ0) is 65.5. The molecule has 90 heavy (non-hydrogen) atoms. The summed E-state index contributed by atoms with van der Waals surface area (Å²) in [5.74, 6) is -0.854. The van der Waals surface area contributed by atoms with Gasteiger partial charge >= 0.3 is 11.9 Å². The first kappa shape index (κ1) is 86.2. The van der Waals surface area contributed by atoms with Crippen LogP contribution >= 0.6 is 7.82 Å². The highest BCUT2D eigenvalue weighted by atomic mass is 31.2. The normalized spacial score (nSPS) is 13.9. The van der Waals surface area contributed by atoms with Gasteiger partial charge < -0.3 is 27.9 Å². The van der Waals surface area contributed by atoms with Crippen molar-refractivity contribution in [2.45, 2.75) is 315 Å². The number of hydrogen-bond acceptors (Lipinski definition) is 8. The highest BCUT2D eigenvalue weighted by Gasteiger charge is 2.22. The van der Waals surface area contributed by atoms with Crippen molar-refractivity contribution in [2.24, 2.45) is 0 Å². The van der Waals surface area contributed by atoms with E-state index in [0.29, 0.717) is 17.4 Å². The number of esters is 2. The van der Waals surface area contributed by atoms with Crippen molar-refractivity contribution >= 4 is 19.8 Å². The maximum Gasteiger partial charge on any atom is 0.306 e. The first-order valence-electron chi connectivity index (χ1n) is 36.9. The SMILES string of the molecule is CC/C=C\C/C=C\C/C=C\C/C=C\C/C=C\C/C=C\C/C=C\C/C=C\C/C=C\CCCCCCCC(=O)OC(COC(=O)CCCCCCCCCCCCCCCCCCCCCCC/C=C\C/C=C\CCCCCCC)COP(=O)([O-])OCC[N+](C)(C)C. The second kappa shape index (κ2) is 69.5. The molecule has 0 aromatic rings. The van der Waals surface area contributed by atoms with Crippen molar-refractivity contribution in [3.8, 4) is 0 Å². The Kier molecular flexibility index (Phi) is 66.5. The minimum atomic E-state index is -4.66. The summed E-state index contributed by atoms with van der Waals surface area (Å²) in [7, 11) is 1.14. The summed E-state index contributed by atoms with van der Waals surface area (Å²) in [5, 5.41) is 0. The number of ether oxygens (including phenoxy) is 2. The van der Waals surface area contributed by atoms with Crippen LogP contribution in [0, 0.1) is 0 Å². The monoisotopic (exact) mass is 1270 g/mol. The number of likely N-dealkylation sites (N-methyl/N-ethyl adjacent to an activating group) is 1. The van der Waals surface area contributed by atoms with Crippen LogP contribution in [-0.2, 0) is 32.7 Å². The summed E-state index contributed by atoms with van der Waals surface area (Å²) in [6, 6.07) is 0. The van der Waals surface area contributed by atoms with Gasteiger partial charge in [0, 0.05) is 12.8 Å². The Morgan fingerprint density at radius 2 is 0.633 bits per heavy atom. The van der Waals surface area contributed by atoms with Crippen LogP contribution in [0.5, 0.6) is 0 Å². The van der Waals surface area contributed by atoms with E-state index in [1.807, 2.05) is 21.1 Å². The fraction of sp³-hybridized carbons (Fsp3) is 0.700. The molecule has 0 aromatic heterocycles. The van der Waals surface area contributed by atoms with Gasteiger partial charge in [-0.15, -0.1) is 0 Å². The van der Waals surface area contributed by atoms with Gasteiger partial charge in [-0.05, 0) is 116 Å². The number of nitrogens with zero attached hydrogens (tertiary/aromatic N) is 1. The smallest absolute Gasteiger partial charge is 0.306 e. The van der Waals surface area contributed by atoms with Crippen molar-refractivity contribution in [3.05, 3.63) is 134 Å². The fourth-order valence-corrected chi connectivity index (χ4v) is 10.8. The standard InChI is InChI=1S/C80H138NO8P/c1-6-8-10-12-14-16-18-20-22-24-26-28-30-32-34-36-38-40-42-44-46-48-50-52-54-56-58-60-62-64-66-68-70-72-79(82)86-76-78(77-88-90(84,85)87-75-74-81(3,4)5)89-80(83)73-71-69-67-65-63-61-59-57-55-53-51-49-47-45-43-41-39-37-35-33-31-29-27-25-23-21-19-17-15-13-11-9-7-2/h9,11,15,17-18,20-21,23-24,26-27,29,33,35,39,41,45,47,51,53,57,59,78H,6-8,10,12-14,16,19,22,25,28,30-32,34,36-38,40,42-44,46,48-50,52,54-56,58,60-77H2,1-5H3/b11-9-,17-15-,20-18-,23-21-,26-24-,29-27-,35-33-,41-39-,47-45-,53-51-,59-57-. The van der Waals surface area contributed by atoms with Crippen molar-refractivity contribution < 1.29 is 42.1 Å². The molecule has 0 N–H and O–H groups in total. The maximum absolute atomic E-state index is 12.9. The van der Waals surface area contributed by atoms with Gasteiger partial charge in [-0.2, -0.15) is 0 Å². The number of quaternary nitrogens is 1. The third-order valence-corrected chi connectivity index (χ3v) is 16.6. The molecule has 0 radical (unpaired) electrons. The minimum Gasteiger partial charge on any atom is -0.756 e. The highest BCUT2D eigenvalue weighted by molar-refractivity contribution is 7.45. The molecule has 2 atom stereocenters. The molecule has 0 bridgehead atoms. The van der Waals surface area contributed by atoms with E-state index in [1.165, 1.54) is 161 Å². The van der Waals surface area contributed by atoms with E-state index in [1.54, 1.807) is 0 Å². The molecule has 0 amide bonds. The fourth-order valence-electron chi connectivity index (χ4n) is 10.0. The van der Waals surface area contributed by atoms with Crippen molar-refractivity contribution in [1.82, 2.24) is 0 Å². The van der Waals surface area contributed by atoms with Crippen LogP contribution < -0.4 is 4.89 Å². The quantitative estimate of drug-likeness (QED) is 0.0195. The lowest BCUT2D eigenvalue weighted by Crippen LogP contribution is -2.37. The van der Waals surface area contributed by atoms with Gasteiger partial charge in [-0.25, -0.2) is 0 Å². The molecule has 10 heteroatoms. The summed E-state index contributed by atoms with van der Waals surface area (Å²) < 4.78 is 34.3. The molecular weight excluding hydrogens is 1130 g/mol. The van der Waals surface area contributed by atoms with Crippen LogP contribution in [0.4, 0.5) is 0 Å². The van der Waals surface area contributed by atoms with Crippen LogP contribution in [-0.4, -0.2) is 70.0 Å². The molecule has 0 fully saturated rings. The molecule has 516 valence electrons. The second-order valence-electron chi connectivity index (χ2n) is 25.6. The molecule has 0 aliphatic carbocycles. The molecule has 2 unspecified atom stereocenters. The van der Waals surface area contributed by atoms with Gasteiger partial charge in [0.2, 0.25) is 0 Å². The number of unbranched alkanes of at least 4 members (excludes halogenated alkanes) is 31. The zero-order valence-corrected chi connectivity index (χ0v) is 59.7. The van der Waals surface area contributed by atoms with E-state index in [4.69, 9.17) is 18.5 Å². The summed E-state index contributed by atoms with van der Waals surface area (Å²) in [6.07, 6.45) is 101. The van der Waals surface area contributed by atoms with Crippen LogP contribution in [0.1, 0.15) is 309 Å². The van der Waals surface area contributed by atoms with Gasteiger partial charge in [0.05, 0.1) is 27.7 Å². The predicted octanol–water partition coefficient (Wildman–Crippen LogP) is 23.8. The summed E-state index contributed by atoms with van der Waals surface area (Å²) in [5.41, 5.74) is 0. The average molecular weight is 1270 g/mol. The van der Waals surface area contributed by atoms with Gasteiger partial charge in [0.15, 0.2) is 6.10 Å². The Morgan fingerprint density at radius 1 is 0.356 bits per heavy atom. The van der Waals surface area contributed by atoms with E-state index in [2.05, 4.69) is 148 Å². The molecular formula is C80H138NO8P. The molecule has 0 aliphatic heterocycles.